The minimum atomic E-state index is 0. The van der Waals surface area contributed by atoms with Crippen LogP contribution < -0.4 is 5.32 Å². The van der Waals surface area contributed by atoms with E-state index in [4.69, 9.17) is 4.74 Å². The van der Waals surface area contributed by atoms with E-state index < -0.39 is 0 Å². The maximum atomic E-state index is 5.70. The van der Waals surface area contributed by atoms with Crippen molar-refractivity contribution in [2.75, 3.05) is 66.1 Å². The summed E-state index contributed by atoms with van der Waals surface area (Å²) in [6.45, 7) is 12.7. The molecule has 0 spiro atoms. The van der Waals surface area contributed by atoms with Crippen molar-refractivity contribution in [2.45, 2.75) is 44.7 Å². The standard InChI is InChI=1S/C24H39N5O.HI/c1-21-6-5-7-22(18-21)19-27-12-14-28(15-13-27)23(25-2)26-20-24(8-16-30-17-9-24)29-10-3-4-11-29;/h5-7,18H,3-4,8-17,19-20H2,1-2H3,(H,25,26);1H. The SMILES string of the molecule is CN=C(NCC1(N2CCCC2)CCOCC1)N1CCN(Cc2cccc(C)c2)CC1.I. The highest BCUT2D eigenvalue weighted by atomic mass is 127. The fourth-order valence-electron chi connectivity index (χ4n) is 5.31. The van der Waals surface area contributed by atoms with Crippen molar-refractivity contribution >= 4 is 29.9 Å². The fourth-order valence-corrected chi connectivity index (χ4v) is 5.31. The number of piperazine rings is 1. The Morgan fingerprint density at radius 1 is 1.06 bits per heavy atom. The first-order valence-corrected chi connectivity index (χ1v) is 11.7. The first-order valence-electron chi connectivity index (χ1n) is 11.7. The lowest BCUT2D eigenvalue weighted by atomic mass is 9.88. The summed E-state index contributed by atoms with van der Waals surface area (Å²) >= 11 is 0. The summed E-state index contributed by atoms with van der Waals surface area (Å²) in [7, 11) is 1.92. The molecule has 0 amide bonds. The van der Waals surface area contributed by atoms with Gasteiger partial charge in [0.15, 0.2) is 5.96 Å². The van der Waals surface area contributed by atoms with Gasteiger partial charge in [0.1, 0.15) is 0 Å². The van der Waals surface area contributed by atoms with Crippen LogP contribution in [0.5, 0.6) is 0 Å². The molecule has 0 unspecified atom stereocenters. The van der Waals surface area contributed by atoms with E-state index in [-0.39, 0.29) is 29.5 Å². The number of aliphatic imine (C=N–C) groups is 1. The number of aryl methyl sites for hydroxylation is 1. The molecule has 3 aliphatic heterocycles. The number of hydrogen-bond donors (Lipinski definition) is 1. The van der Waals surface area contributed by atoms with Crippen LogP contribution >= 0.6 is 24.0 Å². The Labute approximate surface area is 205 Å². The Kier molecular flexibility index (Phi) is 9.43. The smallest absolute Gasteiger partial charge is 0.193 e. The predicted octanol–water partition coefficient (Wildman–Crippen LogP) is 2.95. The van der Waals surface area contributed by atoms with Crippen molar-refractivity contribution in [3.8, 4) is 0 Å². The van der Waals surface area contributed by atoms with Crippen molar-refractivity contribution in [1.29, 1.82) is 0 Å². The maximum Gasteiger partial charge on any atom is 0.193 e. The van der Waals surface area contributed by atoms with Gasteiger partial charge in [-0.3, -0.25) is 14.8 Å². The Morgan fingerprint density at radius 3 is 2.42 bits per heavy atom. The van der Waals surface area contributed by atoms with E-state index in [0.717, 1.165) is 71.3 Å². The minimum Gasteiger partial charge on any atom is -0.381 e. The molecule has 31 heavy (non-hydrogen) atoms. The molecule has 0 aromatic heterocycles. The van der Waals surface area contributed by atoms with E-state index in [1.807, 2.05) is 7.05 Å². The van der Waals surface area contributed by atoms with Crippen LogP contribution in [0.25, 0.3) is 0 Å². The second-order valence-electron chi connectivity index (χ2n) is 9.18. The lowest BCUT2D eigenvalue weighted by Gasteiger charge is -2.45. The van der Waals surface area contributed by atoms with E-state index in [9.17, 15) is 0 Å². The van der Waals surface area contributed by atoms with Crippen LogP contribution in [-0.2, 0) is 11.3 Å². The zero-order valence-electron chi connectivity index (χ0n) is 19.3. The van der Waals surface area contributed by atoms with Gasteiger partial charge in [-0.1, -0.05) is 29.8 Å². The van der Waals surface area contributed by atoms with E-state index in [0.29, 0.717) is 0 Å². The summed E-state index contributed by atoms with van der Waals surface area (Å²) in [6, 6.07) is 8.88. The molecule has 4 rings (SSSR count). The third kappa shape index (κ3) is 6.33. The highest BCUT2D eigenvalue weighted by Crippen LogP contribution is 2.30. The second-order valence-corrected chi connectivity index (χ2v) is 9.18. The summed E-state index contributed by atoms with van der Waals surface area (Å²) in [4.78, 5) is 12.3. The van der Waals surface area contributed by atoms with E-state index in [1.54, 1.807) is 0 Å². The zero-order chi connectivity index (χ0) is 20.8. The van der Waals surface area contributed by atoms with Crippen molar-refractivity contribution in [3.05, 3.63) is 35.4 Å². The monoisotopic (exact) mass is 541 g/mol. The van der Waals surface area contributed by atoms with Crippen molar-refractivity contribution in [3.63, 3.8) is 0 Å². The molecule has 6 nitrogen and oxygen atoms in total. The van der Waals surface area contributed by atoms with E-state index in [1.165, 1.54) is 37.1 Å². The molecule has 3 fully saturated rings. The molecule has 1 aromatic carbocycles. The molecule has 0 saturated carbocycles. The Balaban J connectivity index is 0.00000272. The van der Waals surface area contributed by atoms with Gasteiger partial charge in [0.25, 0.3) is 0 Å². The van der Waals surface area contributed by atoms with Crippen LogP contribution in [0, 0.1) is 6.92 Å². The number of nitrogens with one attached hydrogen (secondary N) is 1. The quantitative estimate of drug-likeness (QED) is 0.353. The molecule has 3 heterocycles. The molecule has 3 aliphatic rings. The number of guanidine groups is 1. The molecule has 0 aliphatic carbocycles. The van der Waals surface area contributed by atoms with Gasteiger partial charge in [0, 0.05) is 65.1 Å². The van der Waals surface area contributed by atoms with Gasteiger partial charge in [-0.2, -0.15) is 0 Å². The van der Waals surface area contributed by atoms with Crippen LogP contribution in [0.2, 0.25) is 0 Å². The number of ether oxygens (including phenoxy) is 1. The Bertz CT molecular complexity index is 708. The number of hydrogen-bond acceptors (Lipinski definition) is 4. The van der Waals surface area contributed by atoms with E-state index >= 15 is 0 Å². The normalized spacial score (nSPS) is 22.9. The van der Waals surface area contributed by atoms with Gasteiger partial charge in [0.2, 0.25) is 0 Å². The summed E-state index contributed by atoms with van der Waals surface area (Å²) < 4.78 is 5.70. The largest absolute Gasteiger partial charge is 0.381 e. The molecular weight excluding hydrogens is 501 g/mol. The Hall–Kier alpha value is -0.900. The predicted molar refractivity (Wildman–Crippen MR) is 138 cm³/mol. The maximum absolute atomic E-state index is 5.70. The topological polar surface area (TPSA) is 43.3 Å². The van der Waals surface area contributed by atoms with E-state index in [2.05, 4.69) is 56.2 Å². The van der Waals surface area contributed by atoms with Crippen LogP contribution in [0.3, 0.4) is 0 Å². The van der Waals surface area contributed by atoms with Crippen LogP contribution in [-0.4, -0.2) is 92.3 Å². The molecular formula is C24H40IN5O. The van der Waals surface area contributed by atoms with Gasteiger partial charge in [0.05, 0.1) is 0 Å². The highest BCUT2D eigenvalue weighted by molar-refractivity contribution is 14.0. The molecule has 0 bridgehead atoms. The lowest BCUT2D eigenvalue weighted by Crippen LogP contribution is -2.60. The number of likely N-dealkylation sites (tertiary alicyclic amines) is 1. The van der Waals surface area contributed by atoms with Crippen molar-refractivity contribution in [2.24, 2.45) is 4.99 Å². The molecule has 1 aromatic rings. The molecule has 0 atom stereocenters. The highest BCUT2D eigenvalue weighted by Gasteiger charge is 2.40. The fraction of sp³-hybridized carbons (Fsp3) is 0.708. The zero-order valence-corrected chi connectivity index (χ0v) is 21.6. The average Bonchev–Trinajstić information content (AvgIpc) is 3.32. The number of nitrogens with zero attached hydrogens (tertiary/aromatic N) is 4. The molecule has 1 N–H and O–H groups in total. The molecule has 0 radical (unpaired) electrons. The third-order valence-corrected chi connectivity index (χ3v) is 7.15. The summed E-state index contributed by atoms with van der Waals surface area (Å²) in [5.41, 5.74) is 2.99. The molecule has 7 heteroatoms. The second kappa shape index (κ2) is 11.8. The third-order valence-electron chi connectivity index (χ3n) is 7.15. The number of halogens is 1. The van der Waals surface area contributed by atoms with Gasteiger partial charge >= 0.3 is 0 Å². The number of benzene rings is 1. The Morgan fingerprint density at radius 2 is 1.77 bits per heavy atom. The average molecular weight is 542 g/mol. The van der Waals surface area contributed by atoms with Gasteiger partial charge in [-0.25, -0.2) is 0 Å². The lowest BCUT2D eigenvalue weighted by molar-refractivity contribution is -0.0167. The minimum absolute atomic E-state index is 0. The van der Waals surface area contributed by atoms with Crippen molar-refractivity contribution in [1.82, 2.24) is 20.0 Å². The van der Waals surface area contributed by atoms with Gasteiger partial charge in [-0.15, -0.1) is 24.0 Å². The van der Waals surface area contributed by atoms with Crippen molar-refractivity contribution < 1.29 is 4.74 Å². The summed E-state index contributed by atoms with van der Waals surface area (Å²) in [5.74, 6) is 1.07. The number of rotatable bonds is 5. The van der Waals surface area contributed by atoms with Crippen LogP contribution in [0.1, 0.15) is 36.8 Å². The first kappa shape index (κ1) is 24.7. The molecule has 3 saturated heterocycles. The van der Waals surface area contributed by atoms with Gasteiger partial charge < -0.3 is 15.0 Å². The first-order chi connectivity index (χ1) is 14.7. The summed E-state index contributed by atoms with van der Waals surface area (Å²) in [5, 5.41) is 3.76. The summed E-state index contributed by atoms with van der Waals surface area (Å²) in [6.07, 6.45) is 4.92. The van der Waals surface area contributed by atoms with Crippen LogP contribution in [0.15, 0.2) is 29.3 Å². The molecule has 174 valence electrons. The van der Waals surface area contributed by atoms with Crippen LogP contribution in [0.4, 0.5) is 0 Å². The van der Waals surface area contributed by atoms with Gasteiger partial charge in [-0.05, 0) is 51.3 Å².